The third-order valence-corrected chi connectivity index (χ3v) is 12.6. The largest absolute Gasteiger partial charge is 0.394 e. The number of hydrogen-bond donors (Lipinski definition) is 6. The number of carbonyl (C=O) groups excluding carboxylic acids is 1. The first-order chi connectivity index (χ1) is 29.3. The first-order valence-corrected chi connectivity index (χ1v) is 25.9. The predicted octanol–water partition coefficient (Wildman–Crippen LogP) is 11.7. The average molecular weight is 854 g/mol. The molecule has 1 saturated heterocycles. The monoisotopic (exact) mass is 854 g/mol. The Kier molecular flexibility index (Phi) is 39.8. The standard InChI is InChI=1S/C51H99NO8/c1-3-5-7-9-11-13-15-17-19-20-21-22-23-24-25-26-27-28-30-32-34-36-38-40-45(54)44(43-59-51-50(58)49(57)48(56)46(42-53)60-51)52-47(55)41-39-37-35-33-31-29-18-16-14-12-10-8-6-4-2/h38,40,44-46,48-51,53-54,56-58H,3-37,39,41-43H2,1-2H3,(H,52,55)/b40-38+. The molecule has 0 aromatic rings. The molecule has 356 valence electrons. The number of nitrogens with one attached hydrogen (secondary N) is 1. The van der Waals surface area contributed by atoms with Crippen molar-refractivity contribution in [3.8, 4) is 0 Å². The zero-order valence-corrected chi connectivity index (χ0v) is 39.2. The van der Waals surface area contributed by atoms with E-state index in [0.29, 0.717) is 6.42 Å². The van der Waals surface area contributed by atoms with E-state index in [4.69, 9.17) is 9.47 Å². The number of amides is 1. The van der Waals surface area contributed by atoms with Gasteiger partial charge in [0.05, 0.1) is 25.4 Å². The van der Waals surface area contributed by atoms with Crippen molar-refractivity contribution in [2.75, 3.05) is 13.2 Å². The highest BCUT2D eigenvalue weighted by Crippen LogP contribution is 2.23. The minimum absolute atomic E-state index is 0.173. The van der Waals surface area contributed by atoms with Gasteiger partial charge >= 0.3 is 0 Å². The number of hydrogen-bond acceptors (Lipinski definition) is 8. The molecule has 0 radical (unpaired) electrons. The Balaban J connectivity index is 2.26. The van der Waals surface area contributed by atoms with E-state index in [1.54, 1.807) is 6.08 Å². The molecule has 1 aliphatic heterocycles. The van der Waals surface area contributed by atoms with Crippen molar-refractivity contribution in [2.24, 2.45) is 0 Å². The van der Waals surface area contributed by atoms with Gasteiger partial charge in [-0.2, -0.15) is 0 Å². The second kappa shape index (κ2) is 41.9. The molecule has 0 spiro atoms. The van der Waals surface area contributed by atoms with Crippen molar-refractivity contribution in [1.29, 1.82) is 0 Å². The smallest absolute Gasteiger partial charge is 0.220 e. The van der Waals surface area contributed by atoms with Crippen LogP contribution in [0.3, 0.4) is 0 Å². The Morgan fingerprint density at radius 2 is 0.917 bits per heavy atom. The lowest BCUT2D eigenvalue weighted by molar-refractivity contribution is -0.302. The van der Waals surface area contributed by atoms with Crippen LogP contribution < -0.4 is 5.32 Å². The summed E-state index contributed by atoms with van der Waals surface area (Å²) < 4.78 is 11.2. The minimum Gasteiger partial charge on any atom is -0.394 e. The molecule has 7 unspecified atom stereocenters. The van der Waals surface area contributed by atoms with Crippen molar-refractivity contribution < 1.29 is 39.8 Å². The molecular weight excluding hydrogens is 755 g/mol. The summed E-state index contributed by atoms with van der Waals surface area (Å²) in [7, 11) is 0. The highest BCUT2D eigenvalue weighted by atomic mass is 16.7. The number of aliphatic hydroxyl groups excluding tert-OH is 5. The summed E-state index contributed by atoms with van der Waals surface area (Å²) in [5, 5.41) is 54.3. The summed E-state index contributed by atoms with van der Waals surface area (Å²) in [6, 6.07) is -0.799. The average Bonchev–Trinajstić information content (AvgIpc) is 3.25. The Hall–Kier alpha value is -1.07. The van der Waals surface area contributed by atoms with Gasteiger partial charge in [-0.05, 0) is 19.3 Å². The molecule has 0 aromatic carbocycles. The molecule has 6 N–H and O–H groups in total. The van der Waals surface area contributed by atoms with E-state index in [1.165, 1.54) is 193 Å². The zero-order chi connectivity index (χ0) is 43.7. The normalized spacial score (nSPS) is 20.6. The molecule has 1 fully saturated rings. The number of allylic oxidation sites excluding steroid dienone is 1. The molecule has 9 nitrogen and oxygen atoms in total. The van der Waals surface area contributed by atoms with Crippen LogP contribution in [0, 0.1) is 0 Å². The van der Waals surface area contributed by atoms with E-state index in [9.17, 15) is 30.3 Å². The van der Waals surface area contributed by atoms with E-state index in [-0.39, 0.29) is 12.5 Å². The highest BCUT2D eigenvalue weighted by molar-refractivity contribution is 5.76. The van der Waals surface area contributed by atoms with Gasteiger partial charge in [0.2, 0.25) is 5.91 Å². The van der Waals surface area contributed by atoms with Crippen molar-refractivity contribution in [2.45, 2.75) is 294 Å². The summed E-state index contributed by atoms with van der Waals surface area (Å²) in [6.45, 7) is 3.80. The van der Waals surface area contributed by atoms with Crippen LogP contribution in [0.5, 0.6) is 0 Å². The Morgan fingerprint density at radius 1 is 0.550 bits per heavy atom. The summed E-state index contributed by atoms with van der Waals surface area (Å²) >= 11 is 0. The van der Waals surface area contributed by atoms with Crippen molar-refractivity contribution >= 4 is 5.91 Å². The van der Waals surface area contributed by atoms with Crippen molar-refractivity contribution in [3.05, 3.63) is 12.2 Å². The van der Waals surface area contributed by atoms with Crippen LogP contribution in [-0.2, 0) is 14.3 Å². The van der Waals surface area contributed by atoms with Crippen molar-refractivity contribution in [1.82, 2.24) is 5.32 Å². The molecule has 0 aliphatic carbocycles. The van der Waals surface area contributed by atoms with Crippen LogP contribution >= 0.6 is 0 Å². The maximum Gasteiger partial charge on any atom is 0.220 e. The van der Waals surface area contributed by atoms with E-state index in [1.807, 2.05) is 6.08 Å². The molecule has 0 aromatic heterocycles. The Bertz CT molecular complexity index is 950. The quantitative estimate of drug-likeness (QED) is 0.0262. The van der Waals surface area contributed by atoms with Gasteiger partial charge in [-0.15, -0.1) is 0 Å². The molecule has 1 heterocycles. The summed E-state index contributed by atoms with van der Waals surface area (Å²) in [6.07, 6.45) is 42.6. The first-order valence-electron chi connectivity index (χ1n) is 25.9. The van der Waals surface area contributed by atoms with Gasteiger partial charge in [0.1, 0.15) is 24.4 Å². The second-order valence-electron chi connectivity index (χ2n) is 18.3. The van der Waals surface area contributed by atoms with Gasteiger partial charge < -0.3 is 40.3 Å². The summed E-state index contributed by atoms with van der Waals surface area (Å²) in [5.41, 5.74) is 0. The van der Waals surface area contributed by atoms with E-state index in [2.05, 4.69) is 19.2 Å². The van der Waals surface area contributed by atoms with Gasteiger partial charge in [-0.1, -0.05) is 238 Å². The fraction of sp³-hybridized carbons (Fsp3) is 0.941. The molecule has 0 bridgehead atoms. The van der Waals surface area contributed by atoms with Gasteiger partial charge in [0.25, 0.3) is 0 Å². The molecule has 0 saturated carbocycles. The van der Waals surface area contributed by atoms with Crippen molar-refractivity contribution in [3.63, 3.8) is 0 Å². The zero-order valence-electron chi connectivity index (χ0n) is 39.2. The van der Waals surface area contributed by atoms with Gasteiger partial charge in [0.15, 0.2) is 6.29 Å². The summed E-state index contributed by atoms with van der Waals surface area (Å²) in [5.74, 6) is -0.173. The lowest BCUT2D eigenvalue weighted by atomic mass is 9.99. The molecule has 1 aliphatic rings. The minimum atomic E-state index is -1.56. The third-order valence-electron chi connectivity index (χ3n) is 12.6. The highest BCUT2D eigenvalue weighted by Gasteiger charge is 2.44. The van der Waals surface area contributed by atoms with Gasteiger partial charge in [-0.3, -0.25) is 4.79 Å². The van der Waals surface area contributed by atoms with Crippen LogP contribution in [0.4, 0.5) is 0 Å². The van der Waals surface area contributed by atoms with E-state index < -0.39 is 49.5 Å². The van der Waals surface area contributed by atoms with E-state index in [0.717, 1.165) is 38.5 Å². The number of aliphatic hydroxyl groups is 5. The third kappa shape index (κ3) is 31.7. The Morgan fingerprint density at radius 3 is 1.30 bits per heavy atom. The van der Waals surface area contributed by atoms with Crippen LogP contribution in [0.1, 0.15) is 251 Å². The molecule has 7 atom stereocenters. The number of ether oxygens (including phenoxy) is 2. The Labute approximate surface area is 369 Å². The lowest BCUT2D eigenvalue weighted by Gasteiger charge is -2.40. The predicted molar refractivity (Wildman–Crippen MR) is 249 cm³/mol. The maximum absolute atomic E-state index is 13.0. The topological polar surface area (TPSA) is 149 Å². The maximum atomic E-state index is 13.0. The number of unbranched alkanes of at least 4 members (excludes halogenated alkanes) is 34. The van der Waals surface area contributed by atoms with Gasteiger partial charge in [-0.25, -0.2) is 0 Å². The molecule has 9 heteroatoms. The summed E-state index contributed by atoms with van der Waals surface area (Å²) in [4.78, 5) is 13.0. The van der Waals surface area contributed by atoms with Crippen LogP contribution in [0.15, 0.2) is 12.2 Å². The van der Waals surface area contributed by atoms with E-state index >= 15 is 0 Å². The lowest BCUT2D eigenvalue weighted by Crippen LogP contribution is -2.60. The molecular formula is C51H99NO8. The molecule has 1 rings (SSSR count). The number of carbonyl (C=O) groups is 1. The molecule has 60 heavy (non-hydrogen) atoms. The fourth-order valence-corrected chi connectivity index (χ4v) is 8.45. The van der Waals surface area contributed by atoms with Crippen LogP contribution in [-0.4, -0.2) is 87.5 Å². The van der Waals surface area contributed by atoms with Crippen LogP contribution in [0.2, 0.25) is 0 Å². The van der Waals surface area contributed by atoms with Crippen LogP contribution in [0.25, 0.3) is 0 Å². The fourth-order valence-electron chi connectivity index (χ4n) is 8.45. The molecule has 1 amide bonds. The number of rotatable bonds is 44. The first kappa shape index (κ1) is 56.9. The second-order valence-corrected chi connectivity index (χ2v) is 18.3. The van der Waals surface area contributed by atoms with Gasteiger partial charge in [0, 0.05) is 6.42 Å². The SMILES string of the molecule is CCCCCCCCCCCCCCCCCCCCCCC/C=C/C(O)C(COC1OC(CO)C(O)C(O)C1O)NC(=O)CCCCCCCCCCCCCCCC.